The van der Waals surface area contributed by atoms with Crippen molar-refractivity contribution in [1.29, 1.82) is 0 Å². The lowest BCUT2D eigenvalue weighted by atomic mass is 9.96. The molecule has 0 atom stereocenters. The van der Waals surface area contributed by atoms with Gasteiger partial charge in [-0.25, -0.2) is 0 Å². The van der Waals surface area contributed by atoms with Crippen LogP contribution in [-0.4, -0.2) is 53.8 Å². The van der Waals surface area contributed by atoms with E-state index in [2.05, 4.69) is 36.7 Å². The molecular weight excluding hydrogens is 376 g/mol. The summed E-state index contributed by atoms with van der Waals surface area (Å²) < 4.78 is 5.37. The molecule has 0 aliphatic carbocycles. The van der Waals surface area contributed by atoms with E-state index in [0.717, 1.165) is 23.5 Å². The van der Waals surface area contributed by atoms with Crippen LogP contribution in [0.3, 0.4) is 0 Å². The highest BCUT2D eigenvalue weighted by molar-refractivity contribution is 5.94. The molecule has 1 fully saturated rings. The van der Waals surface area contributed by atoms with Gasteiger partial charge in [0.25, 0.3) is 5.91 Å². The predicted octanol–water partition coefficient (Wildman–Crippen LogP) is 3.56. The van der Waals surface area contributed by atoms with Gasteiger partial charge < -0.3 is 19.6 Å². The molecule has 1 heterocycles. The topological polar surface area (TPSA) is 53.0 Å². The summed E-state index contributed by atoms with van der Waals surface area (Å²) in [5.74, 6) is 6.57. The van der Waals surface area contributed by atoms with Gasteiger partial charge >= 0.3 is 0 Å². The second-order valence-electron chi connectivity index (χ2n) is 8.78. The zero-order chi connectivity index (χ0) is 21.9. The maximum Gasteiger partial charge on any atom is 0.254 e. The molecule has 1 aliphatic heterocycles. The number of hydrogen-bond acceptors (Lipinski definition) is 4. The minimum absolute atomic E-state index is 0.000255. The standard InChI is InChI=1S/C25H30N2O3/c1-24(2)18-26(14-15-27(24)21-10-7-11-22(17-21)30-5)23(28)20-9-6-8-19(16-20)12-13-25(3,4)29/h6-11,16-17,29H,14-15,18H2,1-5H3. The molecule has 0 aromatic heterocycles. The normalized spacial score (nSPS) is 15.9. The largest absolute Gasteiger partial charge is 0.497 e. The van der Waals surface area contributed by atoms with Gasteiger partial charge in [0, 0.05) is 42.5 Å². The van der Waals surface area contributed by atoms with E-state index in [4.69, 9.17) is 4.74 Å². The van der Waals surface area contributed by atoms with Crippen molar-refractivity contribution in [1.82, 2.24) is 4.90 Å². The SMILES string of the molecule is COc1cccc(N2CCN(C(=O)c3cccc(C#CC(C)(C)O)c3)CC2(C)C)c1. The number of piperazine rings is 1. The minimum atomic E-state index is -1.07. The van der Waals surface area contributed by atoms with E-state index in [1.807, 2.05) is 41.3 Å². The van der Waals surface area contributed by atoms with Crippen molar-refractivity contribution < 1.29 is 14.6 Å². The Morgan fingerprint density at radius 1 is 1.13 bits per heavy atom. The Balaban J connectivity index is 1.77. The molecule has 1 aliphatic rings. The van der Waals surface area contributed by atoms with Crippen LogP contribution in [0.5, 0.6) is 5.75 Å². The molecule has 1 N–H and O–H groups in total. The van der Waals surface area contributed by atoms with Crippen molar-refractivity contribution in [2.75, 3.05) is 31.6 Å². The molecule has 5 heteroatoms. The molecule has 0 saturated carbocycles. The molecule has 1 amide bonds. The predicted molar refractivity (Wildman–Crippen MR) is 120 cm³/mol. The number of methoxy groups -OCH3 is 1. The third-order valence-corrected chi connectivity index (χ3v) is 5.18. The van der Waals surface area contributed by atoms with E-state index in [0.29, 0.717) is 18.7 Å². The van der Waals surface area contributed by atoms with Crippen LogP contribution in [0.25, 0.3) is 0 Å². The summed E-state index contributed by atoms with van der Waals surface area (Å²) >= 11 is 0. The van der Waals surface area contributed by atoms with Crippen LogP contribution in [0.1, 0.15) is 43.6 Å². The van der Waals surface area contributed by atoms with E-state index >= 15 is 0 Å². The molecule has 0 spiro atoms. The lowest BCUT2D eigenvalue weighted by Crippen LogP contribution is -2.60. The van der Waals surface area contributed by atoms with Gasteiger partial charge in [-0.3, -0.25) is 4.79 Å². The van der Waals surface area contributed by atoms with Crippen molar-refractivity contribution in [2.24, 2.45) is 0 Å². The number of nitrogens with zero attached hydrogens (tertiary/aromatic N) is 2. The molecule has 5 nitrogen and oxygen atoms in total. The van der Waals surface area contributed by atoms with E-state index in [1.165, 1.54) is 0 Å². The average molecular weight is 407 g/mol. The van der Waals surface area contributed by atoms with Crippen molar-refractivity contribution in [3.63, 3.8) is 0 Å². The molecule has 2 aromatic carbocycles. The second-order valence-corrected chi connectivity index (χ2v) is 8.78. The minimum Gasteiger partial charge on any atom is -0.497 e. The van der Waals surface area contributed by atoms with Gasteiger partial charge in [-0.2, -0.15) is 0 Å². The lowest BCUT2D eigenvalue weighted by Gasteiger charge is -2.48. The summed E-state index contributed by atoms with van der Waals surface area (Å²) in [6.45, 7) is 9.57. The number of benzene rings is 2. The maximum atomic E-state index is 13.2. The van der Waals surface area contributed by atoms with Crippen LogP contribution in [0.2, 0.25) is 0 Å². The van der Waals surface area contributed by atoms with Crippen molar-refractivity contribution in [3.8, 4) is 17.6 Å². The Bertz CT molecular complexity index is 980. The first-order valence-corrected chi connectivity index (χ1v) is 10.2. The number of ether oxygens (including phenoxy) is 1. The Morgan fingerprint density at radius 2 is 1.87 bits per heavy atom. The van der Waals surface area contributed by atoms with E-state index < -0.39 is 5.60 Å². The van der Waals surface area contributed by atoms with Gasteiger partial charge in [-0.05, 0) is 58.0 Å². The van der Waals surface area contributed by atoms with Gasteiger partial charge in [0.2, 0.25) is 0 Å². The van der Waals surface area contributed by atoms with Crippen LogP contribution in [0.15, 0.2) is 48.5 Å². The number of aliphatic hydroxyl groups is 1. The molecular formula is C25H30N2O3. The molecule has 0 radical (unpaired) electrons. The van der Waals surface area contributed by atoms with Gasteiger partial charge in [-0.15, -0.1) is 0 Å². The van der Waals surface area contributed by atoms with Crippen molar-refractivity contribution in [3.05, 3.63) is 59.7 Å². The molecule has 0 bridgehead atoms. The summed E-state index contributed by atoms with van der Waals surface area (Å²) in [6, 6.07) is 15.3. The molecule has 2 aromatic rings. The Labute approximate surface area is 179 Å². The lowest BCUT2D eigenvalue weighted by molar-refractivity contribution is 0.0686. The van der Waals surface area contributed by atoms with Gasteiger partial charge in [0.1, 0.15) is 11.4 Å². The van der Waals surface area contributed by atoms with Crippen molar-refractivity contribution >= 4 is 11.6 Å². The smallest absolute Gasteiger partial charge is 0.254 e. The molecule has 1 saturated heterocycles. The first-order valence-electron chi connectivity index (χ1n) is 10.2. The van der Waals surface area contributed by atoms with Gasteiger partial charge in [-0.1, -0.05) is 24.0 Å². The van der Waals surface area contributed by atoms with Crippen LogP contribution < -0.4 is 9.64 Å². The van der Waals surface area contributed by atoms with Crippen LogP contribution in [0, 0.1) is 11.8 Å². The number of carbonyl (C=O) groups excluding carboxylic acids is 1. The highest BCUT2D eigenvalue weighted by Crippen LogP contribution is 2.30. The Morgan fingerprint density at radius 3 is 2.53 bits per heavy atom. The Hall–Kier alpha value is -2.97. The highest BCUT2D eigenvalue weighted by atomic mass is 16.5. The number of hydrogen-bond donors (Lipinski definition) is 1. The first-order chi connectivity index (χ1) is 14.1. The average Bonchev–Trinajstić information content (AvgIpc) is 2.70. The fourth-order valence-electron chi connectivity index (χ4n) is 3.72. The van der Waals surface area contributed by atoms with Crippen molar-refractivity contribution in [2.45, 2.75) is 38.8 Å². The van der Waals surface area contributed by atoms with Crippen LogP contribution >= 0.6 is 0 Å². The van der Waals surface area contributed by atoms with E-state index in [9.17, 15) is 9.90 Å². The number of amides is 1. The number of carbonyl (C=O) groups is 1. The molecule has 0 unspecified atom stereocenters. The molecule has 158 valence electrons. The fraction of sp³-hybridized carbons (Fsp3) is 0.400. The third-order valence-electron chi connectivity index (χ3n) is 5.18. The summed E-state index contributed by atoms with van der Waals surface area (Å²) in [5.41, 5.74) is 1.13. The van der Waals surface area contributed by atoms with E-state index in [-0.39, 0.29) is 11.4 Å². The summed E-state index contributed by atoms with van der Waals surface area (Å²) in [7, 11) is 1.67. The fourth-order valence-corrected chi connectivity index (χ4v) is 3.72. The van der Waals surface area contributed by atoms with Gasteiger partial charge in [0.05, 0.1) is 12.6 Å². The first kappa shape index (κ1) is 21.7. The zero-order valence-corrected chi connectivity index (χ0v) is 18.4. The monoisotopic (exact) mass is 406 g/mol. The summed E-state index contributed by atoms with van der Waals surface area (Å²) in [6.07, 6.45) is 0. The third kappa shape index (κ3) is 5.14. The van der Waals surface area contributed by atoms with Gasteiger partial charge in [0.15, 0.2) is 0 Å². The summed E-state index contributed by atoms with van der Waals surface area (Å²) in [5, 5.41) is 9.81. The summed E-state index contributed by atoms with van der Waals surface area (Å²) in [4.78, 5) is 17.4. The number of anilines is 1. The highest BCUT2D eigenvalue weighted by Gasteiger charge is 2.36. The van der Waals surface area contributed by atoms with E-state index in [1.54, 1.807) is 27.0 Å². The van der Waals surface area contributed by atoms with Crippen LogP contribution in [0.4, 0.5) is 5.69 Å². The maximum absolute atomic E-state index is 13.2. The molecule has 3 rings (SSSR count). The molecule has 30 heavy (non-hydrogen) atoms. The quantitative estimate of drug-likeness (QED) is 0.792. The second kappa shape index (κ2) is 8.41. The number of rotatable bonds is 3. The van der Waals surface area contributed by atoms with Crippen LogP contribution in [-0.2, 0) is 0 Å². The Kier molecular flexibility index (Phi) is 6.09. The zero-order valence-electron chi connectivity index (χ0n) is 18.4.